The number of carbonyl (C=O) groups is 3. The Morgan fingerprint density at radius 3 is 2.33 bits per heavy atom. The van der Waals surface area contributed by atoms with E-state index in [0.29, 0.717) is 30.1 Å². The van der Waals surface area contributed by atoms with E-state index < -0.39 is 6.10 Å². The monoisotopic (exact) mass is 635 g/mol. The Morgan fingerprint density at radius 1 is 1.20 bits per heavy atom. The fourth-order valence-electron chi connectivity index (χ4n) is 5.83. The third-order valence-corrected chi connectivity index (χ3v) is 9.23. The third kappa shape index (κ3) is 8.43. The van der Waals surface area contributed by atoms with Crippen LogP contribution >= 0.6 is 11.6 Å². The van der Waals surface area contributed by atoms with E-state index >= 15 is 0 Å². The minimum atomic E-state index is -0.390. The van der Waals surface area contributed by atoms with Crippen molar-refractivity contribution in [1.29, 1.82) is 0 Å². The number of allylic oxidation sites excluding steroid dienone is 4. The Balaban J connectivity index is 0.000000246. The zero-order chi connectivity index (χ0) is 33.9. The molecule has 2 aromatic rings. The van der Waals surface area contributed by atoms with Gasteiger partial charge in [-0.25, -0.2) is 0 Å². The average Bonchev–Trinajstić information content (AvgIpc) is 3.19. The van der Waals surface area contributed by atoms with Crippen LogP contribution in [-0.2, 0) is 39.8 Å². The Morgan fingerprint density at radius 2 is 1.82 bits per heavy atom. The second-order valence-electron chi connectivity index (χ2n) is 14.0. The molecule has 4 rings (SSSR count). The summed E-state index contributed by atoms with van der Waals surface area (Å²) in [6.45, 7) is 22.8. The summed E-state index contributed by atoms with van der Waals surface area (Å²) in [5.74, 6) is -0.173. The first-order valence-corrected chi connectivity index (χ1v) is 16.1. The van der Waals surface area contributed by atoms with Crippen LogP contribution < -0.4 is 5.32 Å². The average molecular weight is 636 g/mol. The molecule has 0 radical (unpaired) electrons. The van der Waals surface area contributed by atoms with E-state index in [0.717, 1.165) is 22.4 Å². The molecule has 0 bridgehead atoms. The van der Waals surface area contributed by atoms with Gasteiger partial charge in [-0.2, -0.15) is 5.10 Å². The maximum absolute atomic E-state index is 12.5. The highest BCUT2D eigenvalue weighted by molar-refractivity contribution is 6.34. The predicted molar refractivity (Wildman–Crippen MR) is 181 cm³/mol. The van der Waals surface area contributed by atoms with Gasteiger partial charge in [0.2, 0.25) is 0 Å². The molecule has 1 heterocycles. The Labute approximate surface area is 274 Å². The van der Waals surface area contributed by atoms with Gasteiger partial charge in [0.25, 0.3) is 5.91 Å². The van der Waals surface area contributed by atoms with Crippen LogP contribution in [0.5, 0.6) is 0 Å². The topological polar surface area (TPSA) is 90.3 Å². The number of aryl methyl sites for hydroxylation is 2. The van der Waals surface area contributed by atoms with Crippen molar-refractivity contribution in [2.24, 2.45) is 24.3 Å². The molecule has 7 nitrogen and oxygen atoms in total. The molecule has 244 valence electrons. The summed E-state index contributed by atoms with van der Waals surface area (Å²) in [5, 5.41) is 7.62. The van der Waals surface area contributed by atoms with Crippen molar-refractivity contribution in [2.45, 2.75) is 99.6 Å². The van der Waals surface area contributed by atoms with E-state index in [1.807, 2.05) is 39.8 Å². The Kier molecular flexibility index (Phi) is 11.5. The molecule has 0 spiro atoms. The lowest BCUT2D eigenvalue weighted by molar-refractivity contribution is -0.150. The van der Waals surface area contributed by atoms with Gasteiger partial charge in [-0.3, -0.25) is 19.1 Å². The molecule has 1 amide bonds. The number of nitrogens with zero attached hydrogens (tertiary/aromatic N) is 2. The van der Waals surface area contributed by atoms with Gasteiger partial charge in [-0.1, -0.05) is 95.1 Å². The van der Waals surface area contributed by atoms with Crippen molar-refractivity contribution < 1.29 is 19.1 Å². The summed E-state index contributed by atoms with van der Waals surface area (Å²) < 4.78 is 7.20. The zero-order valence-electron chi connectivity index (χ0n) is 28.6. The van der Waals surface area contributed by atoms with Crippen LogP contribution in [0.2, 0.25) is 5.02 Å². The van der Waals surface area contributed by atoms with Crippen molar-refractivity contribution in [2.75, 3.05) is 0 Å². The van der Waals surface area contributed by atoms with E-state index in [9.17, 15) is 14.4 Å². The van der Waals surface area contributed by atoms with Gasteiger partial charge in [0.15, 0.2) is 5.78 Å². The molecule has 1 N–H and O–H groups in total. The zero-order valence-corrected chi connectivity index (χ0v) is 29.4. The van der Waals surface area contributed by atoms with Gasteiger partial charge in [0.05, 0.1) is 23.1 Å². The van der Waals surface area contributed by atoms with Crippen LogP contribution in [0.4, 0.5) is 0 Å². The lowest BCUT2D eigenvalue weighted by Crippen LogP contribution is -2.25. The minimum Gasteiger partial charge on any atom is -0.457 e. The first kappa shape index (κ1) is 36.0. The van der Waals surface area contributed by atoms with Gasteiger partial charge >= 0.3 is 5.97 Å². The molecular weight excluding hydrogens is 586 g/mol. The standard InChI is InChI=1S/C19H26O3.C18H24ClN3O/c1-7-8-13-12(4)16(10-15(13)20)22-18(21)17-14(9-11(2)3)19(17,5)6;1-6-14-15(19)16(22(5)21-14)17(23)20-11-12-7-9-13(10-8-12)18(2,3)4/h7,9,14,16-17H,1,8,10H2,2-6H3;7-10H,6,11H2,1-5H3,(H,20,23). The number of hydrogen-bond acceptors (Lipinski definition) is 5. The number of amides is 1. The second kappa shape index (κ2) is 14.3. The molecule has 0 saturated heterocycles. The molecule has 3 unspecified atom stereocenters. The molecule has 1 fully saturated rings. The first-order valence-electron chi connectivity index (χ1n) is 15.7. The predicted octanol–water partition coefficient (Wildman–Crippen LogP) is 7.87. The lowest BCUT2D eigenvalue weighted by atomic mass is 9.87. The summed E-state index contributed by atoms with van der Waals surface area (Å²) in [5.41, 5.74) is 6.41. The quantitative estimate of drug-likeness (QED) is 0.224. The van der Waals surface area contributed by atoms with Gasteiger partial charge in [-0.05, 0) is 67.1 Å². The minimum absolute atomic E-state index is 0.0570. The van der Waals surface area contributed by atoms with E-state index in [4.69, 9.17) is 16.3 Å². The summed E-state index contributed by atoms with van der Waals surface area (Å²) in [7, 11) is 1.73. The Bertz CT molecular complexity index is 1500. The molecule has 1 aromatic heterocycles. The van der Waals surface area contributed by atoms with Gasteiger partial charge in [0.1, 0.15) is 11.8 Å². The SMILES string of the molecule is C=CCC1=C(C)C(OC(=O)C2C(C=C(C)C)C2(C)C)CC1=O.CCc1nn(C)c(C(=O)NCc2ccc(C(C)(C)C)cc2)c1Cl. The summed E-state index contributed by atoms with van der Waals surface area (Å²) >= 11 is 6.23. The maximum Gasteiger partial charge on any atom is 0.310 e. The van der Waals surface area contributed by atoms with Crippen LogP contribution in [0.3, 0.4) is 0 Å². The summed E-state index contributed by atoms with van der Waals surface area (Å²) in [6, 6.07) is 8.30. The number of Topliss-reactive ketones (excluding diaryl/α,β-unsaturated/α-hetero) is 1. The maximum atomic E-state index is 12.5. The van der Waals surface area contributed by atoms with Crippen LogP contribution in [0.25, 0.3) is 0 Å². The fraction of sp³-hybridized carbons (Fsp3) is 0.514. The molecular formula is C37H50ClN3O4. The van der Waals surface area contributed by atoms with Crippen molar-refractivity contribution in [3.05, 3.63) is 87.3 Å². The number of carbonyl (C=O) groups excluding carboxylic acids is 3. The highest BCUT2D eigenvalue weighted by Gasteiger charge is 2.61. The van der Waals surface area contributed by atoms with Crippen molar-refractivity contribution in [3.8, 4) is 0 Å². The molecule has 2 aliphatic carbocycles. The van der Waals surface area contributed by atoms with Gasteiger partial charge in [-0.15, -0.1) is 6.58 Å². The molecule has 0 aliphatic heterocycles. The van der Waals surface area contributed by atoms with E-state index in [1.165, 1.54) is 11.1 Å². The number of nitrogens with one attached hydrogen (secondary N) is 1. The van der Waals surface area contributed by atoms with Crippen LogP contribution in [0.1, 0.15) is 102 Å². The second-order valence-corrected chi connectivity index (χ2v) is 14.4. The third-order valence-electron chi connectivity index (χ3n) is 8.83. The number of hydrogen-bond donors (Lipinski definition) is 1. The number of aromatic nitrogens is 2. The van der Waals surface area contributed by atoms with Gasteiger partial charge in [0, 0.05) is 19.2 Å². The number of rotatable bonds is 9. The number of esters is 1. The van der Waals surface area contributed by atoms with E-state index in [-0.39, 0.29) is 46.7 Å². The molecule has 8 heteroatoms. The largest absolute Gasteiger partial charge is 0.457 e. The smallest absolute Gasteiger partial charge is 0.310 e. The van der Waals surface area contributed by atoms with Crippen LogP contribution in [0, 0.1) is 17.3 Å². The number of ketones is 1. The molecule has 2 aliphatic rings. The van der Waals surface area contributed by atoms with Crippen molar-refractivity contribution in [3.63, 3.8) is 0 Å². The van der Waals surface area contributed by atoms with Gasteiger partial charge < -0.3 is 10.1 Å². The number of benzene rings is 1. The molecule has 45 heavy (non-hydrogen) atoms. The van der Waals surface area contributed by atoms with E-state index in [2.05, 4.69) is 69.8 Å². The van der Waals surface area contributed by atoms with Crippen molar-refractivity contribution in [1.82, 2.24) is 15.1 Å². The van der Waals surface area contributed by atoms with Crippen LogP contribution in [0.15, 0.2) is 59.7 Å². The molecule has 1 aromatic carbocycles. The Hall–Kier alpha value is -3.45. The lowest BCUT2D eigenvalue weighted by Gasteiger charge is -2.19. The summed E-state index contributed by atoms with van der Waals surface area (Å²) in [4.78, 5) is 36.8. The van der Waals surface area contributed by atoms with Crippen LogP contribution in [-0.4, -0.2) is 33.5 Å². The van der Waals surface area contributed by atoms with Crippen molar-refractivity contribution >= 4 is 29.3 Å². The highest BCUT2D eigenvalue weighted by Crippen LogP contribution is 2.60. The molecule has 3 atom stereocenters. The number of halogens is 1. The number of ether oxygens (including phenoxy) is 1. The summed E-state index contributed by atoms with van der Waals surface area (Å²) in [6.07, 6.45) is 5.01. The highest BCUT2D eigenvalue weighted by atomic mass is 35.5. The first-order chi connectivity index (χ1) is 20.9. The molecule has 1 saturated carbocycles. The fourth-order valence-corrected chi connectivity index (χ4v) is 6.21. The normalized spacial score (nSPS) is 20.2. The van der Waals surface area contributed by atoms with E-state index in [1.54, 1.807) is 17.8 Å².